The molecule has 2 heterocycles. The van der Waals surface area contributed by atoms with Gasteiger partial charge in [0.2, 0.25) is 18.3 Å². The lowest BCUT2D eigenvalue weighted by Gasteiger charge is -2.09. The maximum atomic E-state index is 5.58. The van der Waals surface area contributed by atoms with Gasteiger partial charge in [-0.3, -0.25) is 0 Å². The van der Waals surface area contributed by atoms with Crippen molar-refractivity contribution in [2.45, 2.75) is 26.4 Å². The van der Waals surface area contributed by atoms with Gasteiger partial charge in [-0.2, -0.15) is 19.9 Å². The number of anilines is 2. The highest BCUT2D eigenvalue weighted by molar-refractivity contribution is 5.32. The normalized spacial score (nSPS) is 10.7. The van der Waals surface area contributed by atoms with Crippen molar-refractivity contribution in [3.8, 4) is 6.01 Å². The van der Waals surface area contributed by atoms with E-state index in [9.17, 15) is 0 Å². The first kappa shape index (κ1) is 13.0. The largest absolute Gasteiger partial charge is 0.461 e. The number of hydrogen-bond acceptors (Lipinski definition) is 9. The SMILES string of the molecule is CC(C)Oc1nc(N)nc(NCCc2ncon2)n1. The summed E-state index contributed by atoms with van der Waals surface area (Å²) in [6, 6.07) is 0.199. The molecule has 9 heteroatoms. The maximum absolute atomic E-state index is 5.58. The molecule has 0 radical (unpaired) electrons. The van der Waals surface area contributed by atoms with Crippen LogP contribution in [0.4, 0.5) is 11.9 Å². The number of nitrogen functional groups attached to an aromatic ring is 1. The van der Waals surface area contributed by atoms with Crippen LogP contribution >= 0.6 is 0 Å². The molecule has 0 spiro atoms. The molecule has 3 N–H and O–H groups in total. The quantitative estimate of drug-likeness (QED) is 0.757. The highest BCUT2D eigenvalue weighted by Crippen LogP contribution is 2.10. The lowest BCUT2D eigenvalue weighted by molar-refractivity contribution is 0.222. The maximum Gasteiger partial charge on any atom is 0.323 e. The fraction of sp³-hybridized carbons (Fsp3) is 0.500. The molecule has 102 valence electrons. The Morgan fingerprint density at radius 2 is 2.21 bits per heavy atom. The van der Waals surface area contributed by atoms with Gasteiger partial charge in [0.25, 0.3) is 0 Å². The summed E-state index contributed by atoms with van der Waals surface area (Å²) in [7, 11) is 0. The number of ether oxygens (including phenoxy) is 1. The Balaban J connectivity index is 1.93. The van der Waals surface area contributed by atoms with Crippen LogP contribution < -0.4 is 15.8 Å². The smallest absolute Gasteiger partial charge is 0.323 e. The average molecular weight is 265 g/mol. The van der Waals surface area contributed by atoms with E-state index in [0.29, 0.717) is 24.7 Å². The van der Waals surface area contributed by atoms with Crippen LogP contribution in [0.25, 0.3) is 0 Å². The van der Waals surface area contributed by atoms with Gasteiger partial charge in [0.05, 0.1) is 6.10 Å². The minimum Gasteiger partial charge on any atom is -0.461 e. The standard InChI is InChI=1S/C10H15N7O2/c1-6(2)19-10-15-8(11)14-9(16-10)12-4-3-7-13-5-18-17-7/h5-6H,3-4H2,1-2H3,(H3,11,12,14,15,16). The molecule has 2 aromatic rings. The van der Waals surface area contributed by atoms with E-state index in [1.165, 1.54) is 6.39 Å². The van der Waals surface area contributed by atoms with E-state index in [1.54, 1.807) is 0 Å². The molecule has 0 atom stereocenters. The Labute approximate surface area is 109 Å². The van der Waals surface area contributed by atoms with E-state index < -0.39 is 0 Å². The third-order valence-corrected chi connectivity index (χ3v) is 2.01. The fourth-order valence-electron chi connectivity index (χ4n) is 1.30. The van der Waals surface area contributed by atoms with Crippen LogP contribution in [0.15, 0.2) is 10.9 Å². The third-order valence-electron chi connectivity index (χ3n) is 2.01. The second-order valence-electron chi connectivity index (χ2n) is 3.99. The zero-order valence-electron chi connectivity index (χ0n) is 10.7. The molecular weight excluding hydrogens is 250 g/mol. The predicted molar refractivity (Wildman–Crippen MR) is 66.5 cm³/mol. The zero-order chi connectivity index (χ0) is 13.7. The molecule has 0 saturated heterocycles. The topological polar surface area (TPSA) is 125 Å². The van der Waals surface area contributed by atoms with Crippen LogP contribution in [0.3, 0.4) is 0 Å². The second-order valence-corrected chi connectivity index (χ2v) is 3.99. The van der Waals surface area contributed by atoms with Crippen LogP contribution in [0.5, 0.6) is 6.01 Å². The minimum atomic E-state index is -0.0334. The number of rotatable bonds is 6. The van der Waals surface area contributed by atoms with Crippen molar-refractivity contribution in [2.75, 3.05) is 17.6 Å². The summed E-state index contributed by atoms with van der Waals surface area (Å²) in [5, 5.41) is 6.69. The van der Waals surface area contributed by atoms with Gasteiger partial charge in [-0.05, 0) is 13.8 Å². The molecular formula is C10H15N7O2. The Hall–Kier alpha value is -2.45. The molecule has 0 saturated carbocycles. The van der Waals surface area contributed by atoms with E-state index >= 15 is 0 Å². The molecule has 0 aliphatic carbocycles. The number of nitrogens with zero attached hydrogens (tertiary/aromatic N) is 5. The van der Waals surface area contributed by atoms with Gasteiger partial charge < -0.3 is 20.3 Å². The molecule has 0 fully saturated rings. The summed E-state index contributed by atoms with van der Waals surface area (Å²) >= 11 is 0. The molecule has 19 heavy (non-hydrogen) atoms. The summed E-state index contributed by atoms with van der Waals surface area (Å²) in [6.07, 6.45) is 1.84. The zero-order valence-corrected chi connectivity index (χ0v) is 10.7. The molecule has 0 amide bonds. The Bertz CT molecular complexity index is 515. The summed E-state index contributed by atoms with van der Waals surface area (Å²) in [6.45, 7) is 4.30. The van der Waals surface area contributed by atoms with Crippen molar-refractivity contribution >= 4 is 11.9 Å². The summed E-state index contributed by atoms with van der Waals surface area (Å²) < 4.78 is 10.00. The molecule has 0 unspecified atom stereocenters. The average Bonchev–Trinajstić information content (AvgIpc) is 2.80. The van der Waals surface area contributed by atoms with Crippen LogP contribution in [-0.4, -0.2) is 37.7 Å². The van der Waals surface area contributed by atoms with Gasteiger partial charge in [-0.1, -0.05) is 5.16 Å². The van der Waals surface area contributed by atoms with Gasteiger partial charge >= 0.3 is 6.01 Å². The molecule has 0 aliphatic heterocycles. The number of nitrogens with two attached hydrogens (primary N) is 1. The number of hydrogen-bond donors (Lipinski definition) is 2. The lowest BCUT2D eigenvalue weighted by Crippen LogP contribution is -2.14. The Morgan fingerprint density at radius 1 is 1.37 bits per heavy atom. The lowest BCUT2D eigenvalue weighted by atomic mass is 10.4. The number of aromatic nitrogens is 5. The molecule has 9 nitrogen and oxygen atoms in total. The van der Waals surface area contributed by atoms with E-state index in [-0.39, 0.29) is 18.1 Å². The van der Waals surface area contributed by atoms with Gasteiger partial charge in [0.1, 0.15) is 0 Å². The summed E-state index contributed by atoms with van der Waals surface area (Å²) in [4.78, 5) is 15.8. The van der Waals surface area contributed by atoms with E-state index in [4.69, 9.17) is 10.5 Å². The van der Waals surface area contributed by atoms with E-state index in [2.05, 4.69) is 34.9 Å². The Kier molecular flexibility index (Phi) is 4.06. The van der Waals surface area contributed by atoms with Gasteiger partial charge in [-0.15, -0.1) is 0 Å². The van der Waals surface area contributed by atoms with Crippen LogP contribution in [0.2, 0.25) is 0 Å². The summed E-state index contributed by atoms with van der Waals surface area (Å²) in [5.74, 6) is 1.06. The highest BCUT2D eigenvalue weighted by atomic mass is 16.5. The van der Waals surface area contributed by atoms with Crippen molar-refractivity contribution < 1.29 is 9.26 Å². The highest BCUT2D eigenvalue weighted by Gasteiger charge is 2.07. The van der Waals surface area contributed by atoms with Crippen molar-refractivity contribution in [2.24, 2.45) is 0 Å². The molecule has 0 bridgehead atoms. The molecule has 0 aromatic carbocycles. The fourth-order valence-corrected chi connectivity index (χ4v) is 1.30. The second kappa shape index (κ2) is 5.94. The summed E-state index contributed by atoms with van der Waals surface area (Å²) in [5.41, 5.74) is 5.58. The van der Waals surface area contributed by atoms with Gasteiger partial charge in [-0.25, -0.2) is 0 Å². The van der Waals surface area contributed by atoms with Gasteiger partial charge in [0, 0.05) is 13.0 Å². The molecule has 2 aromatic heterocycles. The monoisotopic (exact) mass is 265 g/mol. The van der Waals surface area contributed by atoms with Crippen molar-refractivity contribution in [3.05, 3.63) is 12.2 Å². The van der Waals surface area contributed by atoms with Crippen LogP contribution in [-0.2, 0) is 6.42 Å². The molecule has 2 rings (SSSR count). The van der Waals surface area contributed by atoms with Crippen molar-refractivity contribution in [1.82, 2.24) is 25.1 Å². The number of nitrogens with one attached hydrogen (secondary N) is 1. The molecule has 0 aliphatic rings. The third kappa shape index (κ3) is 4.05. The van der Waals surface area contributed by atoms with Crippen LogP contribution in [0.1, 0.15) is 19.7 Å². The first-order valence-corrected chi connectivity index (χ1v) is 5.81. The first-order chi connectivity index (χ1) is 9.13. The first-order valence-electron chi connectivity index (χ1n) is 5.81. The minimum absolute atomic E-state index is 0.0334. The van der Waals surface area contributed by atoms with Gasteiger partial charge in [0.15, 0.2) is 5.82 Å². The van der Waals surface area contributed by atoms with Crippen molar-refractivity contribution in [3.63, 3.8) is 0 Å². The van der Waals surface area contributed by atoms with Crippen LogP contribution in [0, 0.1) is 0 Å². The van der Waals surface area contributed by atoms with Crippen molar-refractivity contribution in [1.29, 1.82) is 0 Å². The van der Waals surface area contributed by atoms with E-state index in [1.807, 2.05) is 13.8 Å². The Morgan fingerprint density at radius 3 is 2.89 bits per heavy atom. The predicted octanol–water partition coefficient (Wildman–Crippen LogP) is 0.279. The van der Waals surface area contributed by atoms with E-state index in [0.717, 1.165) is 0 Å².